The van der Waals surface area contributed by atoms with Gasteiger partial charge in [-0.3, -0.25) is 9.36 Å². The largest absolute Gasteiger partial charge is 0.504 e. The highest BCUT2D eigenvalue weighted by Crippen LogP contribution is 2.32. The number of nitrogens with zero attached hydrogens (tertiary/aromatic N) is 2. The van der Waals surface area contributed by atoms with E-state index in [-0.39, 0.29) is 30.1 Å². The number of carbonyl (C=O) groups excluding carboxylic acids is 1. The molecule has 9 nitrogen and oxygen atoms in total. The molecule has 0 aliphatic carbocycles. The van der Waals surface area contributed by atoms with Gasteiger partial charge in [-0.25, -0.2) is 9.79 Å². The van der Waals surface area contributed by atoms with Crippen LogP contribution in [0, 0.1) is 0 Å². The number of thiazole rings is 1. The third-order valence-corrected chi connectivity index (χ3v) is 6.92. The summed E-state index contributed by atoms with van der Waals surface area (Å²) in [7, 11) is 2.99. The lowest BCUT2D eigenvalue weighted by Gasteiger charge is -2.25. The Bertz CT molecular complexity index is 1520. The predicted molar refractivity (Wildman–Crippen MR) is 143 cm³/mol. The Labute approximate surface area is 223 Å². The molecule has 1 N–H and O–H groups in total. The van der Waals surface area contributed by atoms with E-state index >= 15 is 0 Å². The maximum absolute atomic E-state index is 13.7. The predicted octanol–water partition coefficient (Wildman–Crippen LogP) is 2.93. The first-order valence-electron chi connectivity index (χ1n) is 12.2. The van der Waals surface area contributed by atoms with Gasteiger partial charge in [0, 0.05) is 7.11 Å². The lowest BCUT2D eigenvalue weighted by molar-refractivity contribution is -0.140. The summed E-state index contributed by atoms with van der Waals surface area (Å²) in [6.45, 7) is 4.69. The Morgan fingerprint density at radius 3 is 2.58 bits per heavy atom. The summed E-state index contributed by atoms with van der Waals surface area (Å²) in [5.41, 5.74) is 1.86. The van der Waals surface area contributed by atoms with Gasteiger partial charge in [-0.15, -0.1) is 0 Å². The fourth-order valence-corrected chi connectivity index (χ4v) is 5.14. The highest BCUT2D eigenvalue weighted by atomic mass is 32.1. The number of phenolic OH excluding ortho intramolecular Hbond substituents is 1. The topological polar surface area (TPSA) is 109 Å². The number of fused-ring (bicyclic) bond motifs is 1. The second kappa shape index (κ2) is 12.1. The molecule has 0 saturated carbocycles. The van der Waals surface area contributed by atoms with E-state index in [1.54, 1.807) is 25.1 Å². The molecule has 0 fully saturated rings. The molecule has 2 heterocycles. The maximum atomic E-state index is 13.7. The van der Waals surface area contributed by atoms with Gasteiger partial charge in [0.05, 0.1) is 42.2 Å². The number of hydrogen-bond acceptors (Lipinski definition) is 9. The Hall–Kier alpha value is -3.89. The minimum absolute atomic E-state index is 0.00438. The van der Waals surface area contributed by atoms with Gasteiger partial charge in [0.1, 0.15) is 12.4 Å². The van der Waals surface area contributed by atoms with Crippen molar-refractivity contribution in [2.45, 2.75) is 26.3 Å². The number of aromatic hydroxyl groups is 1. The van der Waals surface area contributed by atoms with E-state index in [1.165, 1.54) is 36.2 Å². The number of allylic oxidation sites excluding steroid dienone is 1. The molecule has 1 aliphatic heterocycles. The molecule has 1 aliphatic rings. The van der Waals surface area contributed by atoms with Gasteiger partial charge < -0.3 is 24.1 Å². The Balaban J connectivity index is 1.84. The van der Waals surface area contributed by atoms with Crippen LogP contribution in [0.3, 0.4) is 0 Å². The molecule has 0 radical (unpaired) electrons. The molecule has 0 amide bonds. The molecule has 1 atom stereocenters. The molecule has 1 unspecified atom stereocenters. The molecule has 0 saturated heterocycles. The molecule has 0 spiro atoms. The number of phenols is 1. The summed E-state index contributed by atoms with van der Waals surface area (Å²) >= 11 is 1.22. The third kappa shape index (κ3) is 5.66. The smallest absolute Gasteiger partial charge is 0.338 e. The number of benzene rings is 2. The van der Waals surface area contributed by atoms with Crippen molar-refractivity contribution in [2.24, 2.45) is 4.99 Å². The number of rotatable bonds is 10. The summed E-state index contributed by atoms with van der Waals surface area (Å²) in [6, 6.07) is 11.4. The van der Waals surface area contributed by atoms with Gasteiger partial charge in [0.25, 0.3) is 5.56 Å². The third-order valence-electron chi connectivity index (χ3n) is 5.93. The minimum Gasteiger partial charge on any atom is -0.504 e. The Morgan fingerprint density at radius 1 is 1.13 bits per heavy atom. The van der Waals surface area contributed by atoms with Crippen molar-refractivity contribution in [3.63, 3.8) is 0 Å². The highest BCUT2D eigenvalue weighted by molar-refractivity contribution is 7.07. The van der Waals surface area contributed by atoms with Crippen molar-refractivity contribution in [1.82, 2.24) is 4.57 Å². The van der Waals surface area contributed by atoms with Gasteiger partial charge in [-0.05, 0) is 54.8 Å². The molecule has 200 valence electrons. The zero-order chi connectivity index (χ0) is 27.2. The fraction of sp³-hybridized carbons (Fsp3) is 0.321. The summed E-state index contributed by atoms with van der Waals surface area (Å²) in [5.74, 6) is 0.447. The van der Waals surface area contributed by atoms with E-state index < -0.39 is 12.0 Å². The van der Waals surface area contributed by atoms with Crippen LogP contribution in [0.2, 0.25) is 0 Å². The van der Waals surface area contributed by atoms with Crippen LogP contribution in [0.4, 0.5) is 0 Å². The summed E-state index contributed by atoms with van der Waals surface area (Å²) in [6.07, 6.45) is 2.59. The molecule has 2 aromatic carbocycles. The molecule has 4 rings (SSSR count). The van der Waals surface area contributed by atoms with Crippen LogP contribution in [-0.4, -0.2) is 49.7 Å². The zero-order valence-corrected chi connectivity index (χ0v) is 22.5. The maximum Gasteiger partial charge on any atom is 0.338 e. The standard InChI is InChI=1S/C28H30N2O7S/c1-5-12-36-20-9-7-19(8-10-20)25-24(27(33)37-14-13-34-3)17(2)29-28-30(25)26(32)23(38-28)16-18-6-11-21(31)22(15-18)35-4/h6-11,15-16,25,31H,5,12-14H2,1-4H3. The number of esters is 1. The Morgan fingerprint density at radius 2 is 1.89 bits per heavy atom. The summed E-state index contributed by atoms with van der Waals surface area (Å²) < 4.78 is 23.3. The highest BCUT2D eigenvalue weighted by Gasteiger charge is 2.33. The second-order valence-electron chi connectivity index (χ2n) is 8.56. The molecular weight excluding hydrogens is 508 g/mol. The fourth-order valence-electron chi connectivity index (χ4n) is 4.10. The van der Waals surface area contributed by atoms with E-state index in [2.05, 4.69) is 4.99 Å². The van der Waals surface area contributed by atoms with E-state index in [1.807, 2.05) is 31.2 Å². The van der Waals surface area contributed by atoms with E-state index in [0.29, 0.717) is 38.7 Å². The van der Waals surface area contributed by atoms with Crippen LogP contribution >= 0.6 is 11.3 Å². The molecule has 1 aromatic heterocycles. The van der Waals surface area contributed by atoms with Crippen molar-refractivity contribution < 1.29 is 28.8 Å². The minimum atomic E-state index is -0.738. The van der Waals surface area contributed by atoms with Crippen LogP contribution in [0.25, 0.3) is 6.08 Å². The monoisotopic (exact) mass is 538 g/mol. The van der Waals surface area contributed by atoms with Crippen molar-refractivity contribution >= 4 is 23.4 Å². The van der Waals surface area contributed by atoms with Crippen LogP contribution in [0.15, 0.2) is 63.5 Å². The number of carbonyl (C=O) groups is 1. The van der Waals surface area contributed by atoms with Crippen molar-refractivity contribution in [2.75, 3.05) is 34.0 Å². The van der Waals surface area contributed by atoms with Gasteiger partial charge in [0.15, 0.2) is 16.3 Å². The van der Waals surface area contributed by atoms with Gasteiger partial charge >= 0.3 is 5.97 Å². The molecular formula is C28H30N2O7S. The number of methoxy groups -OCH3 is 2. The number of ether oxygens (including phenoxy) is 4. The molecule has 10 heteroatoms. The molecule has 3 aromatic rings. The molecule has 0 bridgehead atoms. The van der Waals surface area contributed by atoms with E-state index in [9.17, 15) is 14.7 Å². The van der Waals surface area contributed by atoms with Gasteiger partial charge in [-0.2, -0.15) is 0 Å². The first kappa shape index (κ1) is 27.2. The molecule has 38 heavy (non-hydrogen) atoms. The first-order chi connectivity index (χ1) is 18.4. The Kier molecular flexibility index (Phi) is 8.65. The average Bonchev–Trinajstić information content (AvgIpc) is 3.22. The lowest BCUT2D eigenvalue weighted by Crippen LogP contribution is -2.40. The zero-order valence-electron chi connectivity index (χ0n) is 21.7. The average molecular weight is 539 g/mol. The van der Waals surface area contributed by atoms with E-state index in [4.69, 9.17) is 18.9 Å². The summed E-state index contributed by atoms with van der Waals surface area (Å²) in [4.78, 5) is 32.0. The normalized spacial score (nSPS) is 15.2. The van der Waals surface area contributed by atoms with E-state index in [0.717, 1.165) is 12.0 Å². The van der Waals surface area contributed by atoms with Gasteiger partial charge in [-0.1, -0.05) is 36.5 Å². The van der Waals surface area contributed by atoms with Crippen LogP contribution < -0.4 is 24.4 Å². The van der Waals surface area contributed by atoms with Crippen LogP contribution in [0.1, 0.15) is 37.4 Å². The van der Waals surface area contributed by atoms with Crippen LogP contribution in [-0.2, 0) is 14.3 Å². The van der Waals surface area contributed by atoms with Crippen molar-refractivity contribution in [3.05, 3.63) is 84.5 Å². The quantitative estimate of drug-likeness (QED) is 0.312. The van der Waals surface area contributed by atoms with Crippen LogP contribution in [0.5, 0.6) is 17.2 Å². The summed E-state index contributed by atoms with van der Waals surface area (Å²) in [5, 5.41) is 9.92. The van der Waals surface area contributed by atoms with Crippen molar-refractivity contribution in [3.8, 4) is 17.2 Å². The number of hydrogen-bond donors (Lipinski definition) is 1. The first-order valence-corrected chi connectivity index (χ1v) is 13.0. The number of aromatic nitrogens is 1. The second-order valence-corrected chi connectivity index (χ2v) is 9.57. The SMILES string of the molecule is CCCOc1ccc(C2C(C(=O)OCCOC)=C(C)N=c3sc(=Cc4ccc(O)c(OC)c4)c(=O)n32)cc1. The van der Waals surface area contributed by atoms with Crippen molar-refractivity contribution in [1.29, 1.82) is 0 Å². The van der Waals surface area contributed by atoms with Gasteiger partial charge in [0.2, 0.25) is 0 Å². The lowest BCUT2D eigenvalue weighted by atomic mass is 9.96.